The van der Waals surface area contributed by atoms with Crippen molar-refractivity contribution < 1.29 is 14.3 Å². The first kappa shape index (κ1) is 21.6. The minimum Gasteiger partial charge on any atom is -0.392 e. The number of aliphatic hydroxyl groups is 1. The number of β-amino-alcohol motifs (C(OH)–C–C–N with tert-alkyl or cyclic N) is 1. The van der Waals surface area contributed by atoms with Crippen LogP contribution in [-0.2, 0) is 11.3 Å². The minimum absolute atomic E-state index is 0.193. The van der Waals surface area contributed by atoms with E-state index in [2.05, 4.69) is 22.1 Å². The van der Waals surface area contributed by atoms with Gasteiger partial charge in [0.2, 0.25) is 0 Å². The highest BCUT2D eigenvalue weighted by atomic mass is 19.1. The van der Waals surface area contributed by atoms with Crippen LogP contribution in [0.5, 0.6) is 0 Å². The normalized spacial score (nSPS) is 19.7. The number of piperidine rings is 1. The molecule has 2 aromatic carbocycles. The van der Waals surface area contributed by atoms with Gasteiger partial charge in [-0.2, -0.15) is 0 Å². The first-order valence-corrected chi connectivity index (χ1v) is 11.4. The number of nitrogens with one attached hydrogen (secondary N) is 2. The van der Waals surface area contributed by atoms with E-state index >= 15 is 0 Å². The second-order valence-electron chi connectivity index (χ2n) is 9.02. The zero-order valence-corrected chi connectivity index (χ0v) is 18.9. The summed E-state index contributed by atoms with van der Waals surface area (Å²) in [7, 11) is 0. The van der Waals surface area contributed by atoms with Crippen molar-refractivity contribution >= 4 is 23.2 Å². The number of H-pyrrole nitrogens is 1. The average molecular weight is 446 g/mol. The molecule has 1 saturated heterocycles. The van der Waals surface area contributed by atoms with E-state index in [0.29, 0.717) is 28.9 Å². The highest BCUT2D eigenvalue weighted by molar-refractivity contribution is 6.36. The van der Waals surface area contributed by atoms with Crippen LogP contribution in [0.25, 0.3) is 22.8 Å². The van der Waals surface area contributed by atoms with Crippen LogP contribution < -0.4 is 5.32 Å². The van der Waals surface area contributed by atoms with Gasteiger partial charge in [0, 0.05) is 41.3 Å². The van der Waals surface area contributed by atoms with E-state index in [4.69, 9.17) is 0 Å². The van der Waals surface area contributed by atoms with E-state index in [-0.39, 0.29) is 17.8 Å². The number of hydrogen-bond donors (Lipinski definition) is 3. The highest BCUT2D eigenvalue weighted by Gasteiger charge is 2.29. The monoisotopic (exact) mass is 445 g/mol. The molecule has 0 aliphatic carbocycles. The fourth-order valence-electron chi connectivity index (χ4n) is 5.03. The van der Waals surface area contributed by atoms with E-state index in [9.17, 15) is 14.3 Å². The van der Waals surface area contributed by atoms with Crippen LogP contribution in [0.2, 0.25) is 0 Å². The summed E-state index contributed by atoms with van der Waals surface area (Å²) in [6.45, 7) is 6.51. The maximum Gasteiger partial charge on any atom is 0.256 e. The van der Waals surface area contributed by atoms with Crippen LogP contribution in [0.4, 0.5) is 10.1 Å². The number of likely N-dealkylation sites (tertiary alicyclic amines) is 1. The van der Waals surface area contributed by atoms with Gasteiger partial charge < -0.3 is 15.4 Å². The van der Waals surface area contributed by atoms with Crippen molar-refractivity contribution in [3.63, 3.8) is 0 Å². The zero-order valence-electron chi connectivity index (χ0n) is 18.9. The Bertz CT molecular complexity index is 1260. The molecule has 0 radical (unpaired) electrons. The predicted octanol–water partition coefficient (Wildman–Crippen LogP) is 4.89. The number of aliphatic hydroxyl groups excluding tert-OH is 1. The van der Waals surface area contributed by atoms with E-state index in [0.717, 1.165) is 48.4 Å². The Morgan fingerprint density at radius 2 is 1.94 bits per heavy atom. The first-order chi connectivity index (χ1) is 15.9. The van der Waals surface area contributed by atoms with Crippen LogP contribution in [0, 0.1) is 19.7 Å². The fourth-order valence-corrected chi connectivity index (χ4v) is 5.03. The smallest absolute Gasteiger partial charge is 0.256 e. The minimum atomic E-state index is -0.317. The van der Waals surface area contributed by atoms with Crippen LogP contribution in [0.1, 0.15) is 40.9 Å². The van der Waals surface area contributed by atoms with Crippen LogP contribution in [-0.4, -0.2) is 40.1 Å². The number of nitrogens with zero attached hydrogens (tertiary/aromatic N) is 1. The molecule has 1 atom stereocenters. The molecule has 3 N–H and O–H groups in total. The summed E-state index contributed by atoms with van der Waals surface area (Å²) in [5.74, 6) is -0.511. The lowest BCUT2D eigenvalue weighted by atomic mass is 9.93. The van der Waals surface area contributed by atoms with Crippen molar-refractivity contribution in [2.24, 2.45) is 0 Å². The molecule has 3 aromatic rings. The van der Waals surface area contributed by atoms with Gasteiger partial charge in [0.05, 0.1) is 11.7 Å². The molecular formula is C27H28FN3O2. The van der Waals surface area contributed by atoms with Gasteiger partial charge in [-0.25, -0.2) is 4.39 Å². The molecule has 1 fully saturated rings. The second-order valence-corrected chi connectivity index (χ2v) is 9.02. The summed E-state index contributed by atoms with van der Waals surface area (Å²) in [6.07, 6.45) is 3.46. The summed E-state index contributed by atoms with van der Waals surface area (Å²) in [4.78, 5) is 18.7. The molecule has 0 spiro atoms. The molecule has 3 heterocycles. The Morgan fingerprint density at radius 1 is 1.15 bits per heavy atom. The summed E-state index contributed by atoms with van der Waals surface area (Å²) in [5, 5.41) is 13.0. The number of fused-ring (bicyclic) bond motifs is 1. The van der Waals surface area contributed by atoms with Crippen LogP contribution >= 0.6 is 0 Å². The molecule has 0 bridgehead atoms. The average Bonchev–Trinajstić information content (AvgIpc) is 3.25. The molecule has 5 rings (SSSR count). The number of aromatic amines is 1. The van der Waals surface area contributed by atoms with Gasteiger partial charge in [0.25, 0.3) is 5.91 Å². The Hall–Kier alpha value is -3.22. The Balaban J connectivity index is 1.55. The molecule has 1 unspecified atom stereocenters. The summed E-state index contributed by atoms with van der Waals surface area (Å²) in [6, 6.07) is 12.2. The maximum atomic E-state index is 14.6. The van der Waals surface area contributed by atoms with E-state index in [1.807, 2.05) is 31.2 Å². The van der Waals surface area contributed by atoms with Crippen LogP contribution in [0.3, 0.4) is 0 Å². The number of carbonyl (C=O) groups is 1. The molecule has 1 aromatic heterocycles. The Labute approximate surface area is 192 Å². The zero-order chi connectivity index (χ0) is 23.1. The Morgan fingerprint density at radius 3 is 2.73 bits per heavy atom. The van der Waals surface area contributed by atoms with Crippen molar-refractivity contribution in [2.45, 2.75) is 39.3 Å². The van der Waals surface area contributed by atoms with E-state index in [1.54, 1.807) is 18.2 Å². The number of carbonyl (C=O) groups excluding carboxylic acids is 1. The van der Waals surface area contributed by atoms with Crippen molar-refractivity contribution in [1.82, 2.24) is 9.88 Å². The third-order valence-electron chi connectivity index (χ3n) is 6.77. The molecule has 170 valence electrons. The van der Waals surface area contributed by atoms with Gasteiger partial charge in [0.15, 0.2) is 0 Å². The Kier molecular flexibility index (Phi) is 5.64. The number of halogens is 1. The molecule has 1 amide bonds. The fraction of sp³-hybridized carbons (Fsp3) is 0.296. The SMILES string of the molecule is Cc1[nH]c(C=C2C(=O)Nc3cccc(-c4ccccc4F)c32)c(C)c1CN1CCCC(O)C1. The van der Waals surface area contributed by atoms with E-state index in [1.165, 1.54) is 11.6 Å². The number of aryl methyl sites for hydroxylation is 1. The molecule has 5 nitrogen and oxygen atoms in total. The van der Waals surface area contributed by atoms with Crippen LogP contribution in [0.15, 0.2) is 42.5 Å². The summed E-state index contributed by atoms with van der Waals surface area (Å²) in [5.41, 5.74) is 7.31. The summed E-state index contributed by atoms with van der Waals surface area (Å²) >= 11 is 0. The molecular weight excluding hydrogens is 417 g/mol. The third-order valence-corrected chi connectivity index (χ3v) is 6.77. The largest absolute Gasteiger partial charge is 0.392 e. The molecule has 2 aliphatic rings. The van der Waals surface area contributed by atoms with Crippen molar-refractivity contribution in [3.8, 4) is 11.1 Å². The van der Waals surface area contributed by atoms with Gasteiger partial charge in [-0.05, 0) is 68.1 Å². The lowest BCUT2D eigenvalue weighted by molar-refractivity contribution is -0.110. The number of amides is 1. The first-order valence-electron chi connectivity index (χ1n) is 11.4. The third kappa shape index (κ3) is 4.01. The van der Waals surface area contributed by atoms with E-state index < -0.39 is 0 Å². The molecule has 33 heavy (non-hydrogen) atoms. The second kappa shape index (κ2) is 8.61. The quantitative estimate of drug-likeness (QED) is 0.501. The molecule has 0 saturated carbocycles. The lowest BCUT2D eigenvalue weighted by Crippen LogP contribution is -2.37. The lowest BCUT2D eigenvalue weighted by Gasteiger charge is -2.30. The highest BCUT2D eigenvalue weighted by Crippen LogP contribution is 2.41. The van der Waals surface area contributed by atoms with Crippen molar-refractivity contribution in [3.05, 3.63) is 76.4 Å². The van der Waals surface area contributed by atoms with Gasteiger partial charge in [0.1, 0.15) is 5.82 Å². The van der Waals surface area contributed by atoms with Crippen molar-refractivity contribution in [2.75, 3.05) is 18.4 Å². The number of rotatable bonds is 4. The molecule has 6 heteroatoms. The van der Waals surface area contributed by atoms with Gasteiger partial charge in [-0.3, -0.25) is 9.69 Å². The topological polar surface area (TPSA) is 68.4 Å². The summed E-state index contributed by atoms with van der Waals surface area (Å²) < 4.78 is 14.6. The van der Waals surface area contributed by atoms with Gasteiger partial charge in [-0.1, -0.05) is 30.3 Å². The predicted molar refractivity (Wildman–Crippen MR) is 129 cm³/mol. The standard InChI is InChI=1S/C27H28FN3O2/c1-16-22(15-31-12-6-7-18(32)14-31)17(2)29-25(16)13-21-26-20(19-8-3-4-10-23(19)28)9-5-11-24(26)30-27(21)33/h3-5,8-11,13,18,29,32H,6-7,12,14-15H2,1-2H3,(H,30,33). The van der Waals surface area contributed by atoms with Gasteiger partial charge in [-0.15, -0.1) is 0 Å². The number of anilines is 1. The van der Waals surface area contributed by atoms with Gasteiger partial charge >= 0.3 is 0 Å². The maximum absolute atomic E-state index is 14.6. The number of benzene rings is 2. The molecule has 2 aliphatic heterocycles. The number of hydrogen-bond acceptors (Lipinski definition) is 3. The van der Waals surface area contributed by atoms with Crippen molar-refractivity contribution in [1.29, 1.82) is 0 Å². The number of aromatic nitrogens is 1.